The van der Waals surface area contributed by atoms with E-state index in [2.05, 4.69) is 158 Å². The summed E-state index contributed by atoms with van der Waals surface area (Å²) in [7, 11) is 0. The highest BCUT2D eigenvalue weighted by Gasteiger charge is 2.22. The van der Waals surface area contributed by atoms with E-state index in [-0.39, 0.29) is 27.3 Å². The molecule has 1 unspecified atom stereocenters. The summed E-state index contributed by atoms with van der Waals surface area (Å²) in [6, 6.07) is 33.4. The molecule has 5 aromatic rings. The van der Waals surface area contributed by atoms with Gasteiger partial charge in [-0.05, 0) is 170 Å². The van der Waals surface area contributed by atoms with E-state index in [0.717, 1.165) is 107 Å². The first-order valence-electron chi connectivity index (χ1n) is 25.9. The molecule has 2 aliphatic heterocycles. The average molecular weight is 1160 g/mol. The first-order chi connectivity index (χ1) is 35.6. The maximum Gasteiger partial charge on any atom is 0.206 e. The number of thioether (sulfide) groups is 1. The second-order valence-corrected chi connectivity index (χ2v) is 21.6. The molecule has 7 rings (SSSR count). The highest BCUT2D eigenvalue weighted by molar-refractivity contribution is 9.09. The number of carbonyl (C=O) groups excluding carboxylic acids is 2. The van der Waals surface area contributed by atoms with Crippen molar-refractivity contribution in [3.05, 3.63) is 113 Å². The van der Waals surface area contributed by atoms with Gasteiger partial charge in [0.1, 0.15) is 10.7 Å². The van der Waals surface area contributed by atoms with Crippen molar-refractivity contribution >= 4 is 128 Å². The van der Waals surface area contributed by atoms with Crippen molar-refractivity contribution in [2.24, 2.45) is 10.7 Å². The summed E-state index contributed by atoms with van der Waals surface area (Å²) in [6.07, 6.45) is 0. The Hall–Kier alpha value is -4.81. The van der Waals surface area contributed by atoms with Crippen molar-refractivity contribution in [2.45, 2.75) is 74.4 Å². The standard InChI is InChI=1S/C27H36N6OS.C17H27N5S2.C12H16BrNO.H3P/c1-5-31(6-2)22-11-7-20(8-12-22)24(34)25-26(28)30-27(35-25)29-21-9-13-23(14-10-21)33-17-15-32(16-18-33)19(3)4;1-4-24-16(18)20-17(23)19-14-5-7-15(8-6-14)22-11-9-21(10-12-22)13(2)3;1-3-14(4-2)11-7-5-10(6-8-11)12(15)9-13;/h7-14,19H,5-6,15-18,28H2,1-4H3,(H,29,30);5-8,13H,4,9-12H2,1-3H3,(H3,18,19,20,23);5-8H,3-4,9H2,1-2H3;1H3. The number of rotatable bonds is 18. The van der Waals surface area contributed by atoms with Crippen LogP contribution in [0.25, 0.3) is 0 Å². The Bertz CT molecular complexity index is 2520. The molecule has 1 aromatic heterocycles. The lowest BCUT2D eigenvalue weighted by Crippen LogP contribution is -2.48. The fourth-order valence-electron chi connectivity index (χ4n) is 8.67. The minimum absolute atomic E-state index is 0. The van der Waals surface area contributed by atoms with E-state index < -0.39 is 0 Å². The minimum atomic E-state index is -0.102. The lowest BCUT2D eigenvalue weighted by atomic mass is 10.1. The number of halogens is 1. The molecule has 3 heterocycles. The monoisotopic (exact) mass is 1160 g/mol. The number of aliphatic imine (C=N–C) groups is 1. The lowest BCUT2D eigenvalue weighted by molar-refractivity contribution is 0.102. The number of hydrogen-bond donors (Lipinski definition) is 4. The number of carbonyl (C=O) groups is 2. The summed E-state index contributed by atoms with van der Waals surface area (Å²) >= 11 is 11.2. The number of anilines is 8. The second-order valence-electron chi connectivity index (χ2n) is 18.3. The third kappa shape index (κ3) is 19.0. The summed E-state index contributed by atoms with van der Waals surface area (Å²) in [6.45, 7) is 32.0. The van der Waals surface area contributed by atoms with Gasteiger partial charge in [-0.3, -0.25) is 19.4 Å². The number of nitrogens with zero attached hydrogens (tertiary/aromatic N) is 8. The van der Waals surface area contributed by atoms with E-state index in [1.165, 1.54) is 40.2 Å². The molecule has 1 atom stereocenters. The van der Waals surface area contributed by atoms with Crippen molar-refractivity contribution in [3.63, 3.8) is 0 Å². The number of benzene rings is 4. The van der Waals surface area contributed by atoms with Crippen LogP contribution in [-0.4, -0.2) is 138 Å². The molecule has 14 nitrogen and oxygen atoms in total. The van der Waals surface area contributed by atoms with Crippen LogP contribution in [0.5, 0.6) is 0 Å². The Morgan fingerprint density at radius 3 is 1.52 bits per heavy atom. The number of nitrogen functional groups attached to an aromatic ring is 1. The summed E-state index contributed by atoms with van der Waals surface area (Å²) in [5, 5.41) is 8.30. The van der Waals surface area contributed by atoms with Gasteiger partial charge in [-0.1, -0.05) is 46.0 Å². The SMILES string of the molecule is CCN(CC)c1ccc(C(=O)CBr)cc1.CCN(CC)c1ccc(C(=O)c2sc(Nc3ccc(N4CCN(C(C)C)CC4)cc3)nc2N)cc1.CCSC(N)=NC(=S)Nc1ccc(N2CCN(C(C)C)CC2)cc1.P. The number of thiazole rings is 1. The normalized spacial score (nSPS) is 14.0. The Labute approximate surface area is 473 Å². The summed E-state index contributed by atoms with van der Waals surface area (Å²) in [4.78, 5) is 47.8. The Morgan fingerprint density at radius 1 is 0.693 bits per heavy atom. The molecule has 0 saturated carbocycles. The third-order valence-electron chi connectivity index (χ3n) is 13.1. The van der Waals surface area contributed by atoms with Gasteiger partial charge in [0.25, 0.3) is 0 Å². The molecular formula is C56H82BrN12O2PS3. The fraction of sp³-hybridized carbons (Fsp3) is 0.446. The molecule has 0 spiro atoms. The van der Waals surface area contributed by atoms with Gasteiger partial charge in [0.2, 0.25) is 5.78 Å². The largest absolute Gasteiger partial charge is 0.382 e. The number of thiocarbonyl (C=S) groups is 1. The van der Waals surface area contributed by atoms with E-state index in [1.807, 2.05) is 67.6 Å². The molecule has 2 fully saturated rings. The van der Waals surface area contributed by atoms with Crippen LogP contribution in [0.3, 0.4) is 0 Å². The van der Waals surface area contributed by atoms with Crippen molar-refractivity contribution in [1.82, 2.24) is 14.8 Å². The average Bonchev–Trinajstić information content (AvgIpc) is 3.79. The highest BCUT2D eigenvalue weighted by Crippen LogP contribution is 2.31. The molecule has 6 N–H and O–H groups in total. The lowest BCUT2D eigenvalue weighted by Gasteiger charge is -2.38. The van der Waals surface area contributed by atoms with Crippen LogP contribution in [0.15, 0.2) is 102 Å². The summed E-state index contributed by atoms with van der Waals surface area (Å²) < 4.78 is 0. The van der Waals surface area contributed by atoms with Gasteiger partial charge < -0.3 is 41.7 Å². The molecule has 0 aliphatic carbocycles. The molecule has 75 heavy (non-hydrogen) atoms. The van der Waals surface area contributed by atoms with Gasteiger partial charge in [-0.2, -0.15) is 14.9 Å². The number of ketones is 2. The Balaban J connectivity index is 0.000000264. The van der Waals surface area contributed by atoms with Crippen LogP contribution in [0.4, 0.5) is 45.1 Å². The topological polar surface area (TPSA) is 155 Å². The molecule has 0 radical (unpaired) electrons. The number of Topliss-reactive ketones (excluding diaryl/α,β-unsaturated/α-hetero) is 1. The Morgan fingerprint density at radius 2 is 1.12 bits per heavy atom. The number of aromatic nitrogens is 1. The van der Waals surface area contributed by atoms with Gasteiger partial charge >= 0.3 is 0 Å². The summed E-state index contributed by atoms with van der Waals surface area (Å²) in [5.74, 6) is 1.17. The zero-order valence-corrected chi connectivity index (χ0v) is 51.1. The highest BCUT2D eigenvalue weighted by atomic mass is 79.9. The molecule has 0 amide bonds. The van der Waals surface area contributed by atoms with Gasteiger partial charge in [0.05, 0.1) is 5.33 Å². The zero-order valence-electron chi connectivity index (χ0n) is 45.7. The van der Waals surface area contributed by atoms with Crippen LogP contribution in [0.1, 0.15) is 87.9 Å². The second kappa shape index (κ2) is 32.1. The van der Waals surface area contributed by atoms with Crippen molar-refractivity contribution < 1.29 is 9.59 Å². The molecule has 19 heteroatoms. The van der Waals surface area contributed by atoms with Gasteiger partial charge in [-0.25, -0.2) is 4.98 Å². The zero-order chi connectivity index (χ0) is 53.7. The van der Waals surface area contributed by atoms with Crippen LogP contribution < -0.4 is 41.7 Å². The molecule has 0 bridgehead atoms. The number of hydrogen-bond acceptors (Lipinski definition) is 14. The quantitative estimate of drug-likeness (QED) is 0.0164. The predicted molar refractivity (Wildman–Crippen MR) is 339 cm³/mol. The maximum atomic E-state index is 13.1. The third-order valence-corrected chi connectivity index (χ3v) is 15.5. The minimum Gasteiger partial charge on any atom is -0.382 e. The van der Waals surface area contributed by atoms with Crippen LogP contribution in [-0.2, 0) is 0 Å². The van der Waals surface area contributed by atoms with E-state index in [4.69, 9.17) is 23.7 Å². The number of nitrogens with two attached hydrogens (primary N) is 2. The van der Waals surface area contributed by atoms with E-state index >= 15 is 0 Å². The number of nitrogens with one attached hydrogen (secondary N) is 2. The van der Waals surface area contributed by atoms with Gasteiger partial charge in [0, 0.05) is 136 Å². The molecule has 4 aromatic carbocycles. The van der Waals surface area contributed by atoms with Crippen molar-refractivity contribution in [2.75, 3.05) is 126 Å². The number of amidine groups is 1. The van der Waals surface area contributed by atoms with Crippen LogP contribution in [0.2, 0.25) is 0 Å². The molecular weight excluding hydrogens is 1080 g/mol. The van der Waals surface area contributed by atoms with Crippen LogP contribution in [0, 0.1) is 0 Å². The van der Waals surface area contributed by atoms with E-state index in [1.54, 1.807) is 0 Å². The first-order valence-corrected chi connectivity index (χ1v) is 29.3. The summed E-state index contributed by atoms with van der Waals surface area (Å²) in [5.41, 5.74) is 19.9. The number of piperazine rings is 2. The molecule has 408 valence electrons. The smallest absolute Gasteiger partial charge is 0.206 e. The van der Waals surface area contributed by atoms with Gasteiger partial charge in [0.15, 0.2) is 21.2 Å². The van der Waals surface area contributed by atoms with E-state index in [0.29, 0.717) is 43.3 Å². The van der Waals surface area contributed by atoms with Crippen LogP contribution >= 0.6 is 61.1 Å². The molecule has 2 saturated heterocycles. The first kappa shape index (κ1) is 62.7. The Kier molecular flexibility index (Phi) is 26.8. The fourth-order valence-corrected chi connectivity index (χ4v) is 10.6. The maximum absolute atomic E-state index is 13.1. The van der Waals surface area contributed by atoms with E-state index in [9.17, 15) is 9.59 Å². The predicted octanol–water partition coefficient (Wildman–Crippen LogP) is 11.2. The van der Waals surface area contributed by atoms with Crippen molar-refractivity contribution in [1.29, 1.82) is 0 Å². The molecule has 2 aliphatic rings. The van der Waals surface area contributed by atoms with Gasteiger partial charge in [-0.15, -0.1) is 0 Å². The van der Waals surface area contributed by atoms with Crippen molar-refractivity contribution in [3.8, 4) is 0 Å². The number of alkyl halides is 1.